The average Bonchev–Trinajstić information content (AvgIpc) is 3.29. The molecule has 0 radical (unpaired) electrons. The molecule has 0 amide bonds. The molecule has 1 atom stereocenters. The highest BCUT2D eigenvalue weighted by Crippen LogP contribution is 2.24. The molecular weight excluding hydrogens is 302 g/mol. The van der Waals surface area contributed by atoms with Crippen molar-refractivity contribution < 1.29 is 4.42 Å². The Hall–Kier alpha value is -2.47. The molecule has 0 saturated carbocycles. The van der Waals surface area contributed by atoms with E-state index in [1.165, 1.54) is 19.3 Å². The first-order valence-electron chi connectivity index (χ1n) is 8.45. The number of oxazole rings is 1. The van der Waals surface area contributed by atoms with Crippen molar-refractivity contribution in [2.75, 3.05) is 6.54 Å². The normalized spacial score (nSPS) is 18.8. The summed E-state index contributed by atoms with van der Waals surface area (Å²) in [5.41, 5.74) is 1.06. The van der Waals surface area contributed by atoms with Crippen molar-refractivity contribution in [2.24, 2.45) is 0 Å². The lowest BCUT2D eigenvalue weighted by Gasteiger charge is -2.34. The van der Waals surface area contributed by atoms with Crippen LogP contribution in [0, 0.1) is 0 Å². The summed E-state index contributed by atoms with van der Waals surface area (Å²) < 4.78 is 7.88. The van der Waals surface area contributed by atoms with E-state index in [1.807, 2.05) is 41.2 Å². The standard InChI is InChI=1S/C18H21N5O/c1-2-6-15(7-3-1)17-10-20-18(24-17)12-22-9-5-4-8-16(22)11-23-14-19-13-21-23/h1-3,6-7,10,13-14,16H,4-5,8-9,11-12H2/t16-/m1/s1. The van der Waals surface area contributed by atoms with Crippen LogP contribution >= 0.6 is 0 Å². The summed E-state index contributed by atoms with van der Waals surface area (Å²) >= 11 is 0. The Morgan fingerprint density at radius 2 is 2.08 bits per heavy atom. The summed E-state index contributed by atoms with van der Waals surface area (Å²) in [5, 5.41) is 4.24. The van der Waals surface area contributed by atoms with Gasteiger partial charge in [-0.25, -0.2) is 9.97 Å². The highest BCUT2D eigenvalue weighted by Gasteiger charge is 2.24. The van der Waals surface area contributed by atoms with Crippen molar-refractivity contribution in [3.05, 3.63) is 55.1 Å². The third kappa shape index (κ3) is 3.38. The highest BCUT2D eigenvalue weighted by atomic mass is 16.4. The van der Waals surface area contributed by atoms with Crippen molar-refractivity contribution in [2.45, 2.75) is 38.4 Å². The van der Waals surface area contributed by atoms with Crippen molar-refractivity contribution in [3.63, 3.8) is 0 Å². The van der Waals surface area contributed by atoms with Crippen LogP contribution in [-0.2, 0) is 13.1 Å². The maximum atomic E-state index is 5.97. The first-order valence-corrected chi connectivity index (χ1v) is 8.45. The second-order valence-electron chi connectivity index (χ2n) is 6.22. The lowest BCUT2D eigenvalue weighted by molar-refractivity contribution is 0.111. The largest absolute Gasteiger partial charge is 0.439 e. The fourth-order valence-electron chi connectivity index (χ4n) is 3.31. The van der Waals surface area contributed by atoms with Gasteiger partial charge in [0.1, 0.15) is 12.7 Å². The summed E-state index contributed by atoms with van der Waals surface area (Å²) in [7, 11) is 0. The minimum Gasteiger partial charge on any atom is -0.439 e. The minimum atomic E-state index is 0.451. The van der Waals surface area contributed by atoms with Gasteiger partial charge in [0.05, 0.1) is 19.3 Å². The van der Waals surface area contributed by atoms with Gasteiger partial charge in [-0.3, -0.25) is 9.58 Å². The van der Waals surface area contributed by atoms with Gasteiger partial charge in [0, 0.05) is 11.6 Å². The molecule has 3 heterocycles. The molecule has 2 aromatic heterocycles. The molecule has 0 bridgehead atoms. The number of rotatable bonds is 5. The van der Waals surface area contributed by atoms with Crippen molar-refractivity contribution in [1.82, 2.24) is 24.6 Å². The molecule has 1 aliphatic heterocycles. The van der Waals surface area contributed by atoms with Crippen molar-refractivity contribution >= 4 is 0 Å². The van der Waals surface area contributed by atoms with Crippen molar-refractivity contribution in [3.8, 4) is 11.3 Å². The van der Waals surface area contributed by atoms with Gasteiger partial charge in [-0.15, -0.1) is 0 Å². The van der Waals surface area contributed by atoms with Crippen LogP contribution in [0.1, 0.15) is 25.2 Å². The van der Waals surface area contributed by atoms with E-state index in [2.05, 4.69) is 20.0 Å². The summed E-state index contributed by atoms with van der Waals surface area (Å²) in [4.78, 5) is 11.0. The van der Waals surface area contributed by atoms with Gasteiger partial charge in [-0.05, 0) is 19.4 Å². The zero-order valence-electron chi connectivity index (χ0n) is 13.6. The van der Waals surface area contributed by atoms with Crippen LogP contribution in [0.25, 0.3) is 11.3 Å². The Balaban J connectivity index is 1.46. The summed E-state index contributed by atoms with van der Waals surface area (Å²) in [6.07, 6.45) is 8.85. The molecular formula is C18H21N5O. The van der Waals surface area contributed by atoms with Gasteiger partial charge in [-0.2, -0.15) is 5.10 Å². The Morgan fingerprint density at radius 3 is 2.92 bits per heavy atom. The summed E-state index contributed by atoms with van der Waals surface area (Å²) in [5.74, 6) is 1.61. The van der Waals surface area contributed by atoms with Crippen LogP contribution in [0.2, 0.25) is 0 Å². The van der Waals surface area contributed by atoms with E-state index in [-0.39, 0.29) is 0 Å². The molecule has 4 rings (SSSR count). The molecule has 1 saturated heterocycles. The van der Waals surface area contributed by atoms with Gasteiger partial charge < -0.3 is 4.42 Å². The topological polar surface area (TPSA) is 60.0 Å². The van der Waals surface area contributed by atoms with Gasteiger partial charge >= 0.3 is 0 Å². The van der Waals surface area contributed by atoms with Crippen LogP contribution in [0.4, 0.5) is 0 Å². The maximum Gasteiger partial charge on any atom is 0.209 e. The molecule has 6 nitrogen and oxygen atoms in total. The predicted octanol–water partition coefficient (Wildman–Crippen LogP) is 2.99. The van der Waals surface area contributed by atoms with E-state index in [0.717, 1.165) is 36.8 Å². The number of aromatic nitrogens is 4. The van der Waals surface area contributed by atoms with Crippen LogP contribution in [0.5, 0.6) is 0 Å². The van der Waals surface area contributed by atoms with Gasteiger partial charge in [0.25, 0.3) is 0 Å². The SMILES string of the molecule is c1ccc(-c2cnc(CN3CCCC[C@@H]3Cn3cncn3)o2)cc1. The molecule has 0 N–H and O–H groups in total. The number of hydrogen-bond donors (Lipinski definition) is 0. The lowest BCUT2D eigenvalue weighted by Crippen LogP contribution is -2.41. The first kappa shape index (κ1) is 15.1. The van der Waals surface area contributed by atoms with Crippen LogP contribution in [0.3, 0.4) is 0 Å². The molecule has 3 aromatic rings. The average molecular weight is 323 g/mol. The van der Waals surface area contributed by atoms with E-state index in [9.17, 15) is 0 Å². The second-order valence-corrected chi connectivity index (χ2v) is 6.22. The third-order valence-electron chi connectivity index (χ3n) is 4.56. The van der Waals surface area contributed by atoms with Crippen LogP contribution in [0.15, 0.2) is 53.6 Å². The fourth-order valence-corrected chi connectivity index (χ4v) is 3.31. The summed E-state index contributed by atoms with van der Waals surface area (Å²) in [6, 6.07) is 10.6. The number of benzene rings is 1. The Kier molecular flexibility index (Phi) is 4.38. The number of hydrogen-bond acceptors (Lipinski definition) is 5. The van der Waals surface area contributed by atoms with E-state index < -0.39 is 0 Å². The molecule has 6 heteroatoms. The highest BCUT2D eigenvalue weighted by molar-refractivity contribution is 5.55. The number of nitrogens with zero attached hydrogens (tertiary/aromatic N) is 5. The maximum absolute atomic E-state index is 5.97. The molecule has 1 aromatic carbocycles. The minimum absolute atomic E-state index is 0.451. The van der Waals surface area contributed by atoms with E-state index in [0.29, 0.717) is 6.04 Å². The fraction of sp³-hybridized carbons (Fsp3) is 0.389. The molecule has 0 unspecified atom stereocenters. The number of piperidine rings is 1. The predicted molar refractivity (Wildman–Crippen MR) is 90.0 cm³/mol. The molecule has 124 valence electrons. The van der Waals surface area contributed by atoms with Gasteiger partial charge in [0.15, 0.2) is 5.76 Å². The summed E-state index contributed by atoms with van der Waals surface area (Å²) in [6.45, 7) is 2.68. The van der Waals surface area contributed by atoms with E-state index in [1.54, 1.807) is 12.7 Å². The first-order chi connectivity index (χ1) is 11.9. The van der Waals surface area contributed by atoms with Gasteiger partial charge in [-0.1, -0.05) is 36.8 Å². The monoisotopic (exact) mass is 323 g/mol. The molecule has 0 aliphatic carbocycles. The van der Waals surface area contributed by atoms with Crippen LogP contribution in [-0.4, -0.2) is 37.2 Å². The smallest absolute Gasteiger partial charge is 0.209 e. The number of likely N-dealkylation sites (tertiary alicyclic amines) is 1. The Labute approximate surface area is 141 Å². The quantitative estimate of drug-likeness (QED) is 0.722. The molecule has 1 aliphatic rings. The zero-order chi connectivity index (χ0) is 16.2. The van der Waals surface area contributed by atoms with Crippen molar-refractivity contribution in [1.29, 1.82) is 0 Å². The van der Waals surface area contributed by atoms with Gasteiger partial charge in [0.2, 0.25) is 5.89 Å². The molecule has 0 spiro atoms. The van der Waals surface area contributed by atoms with Crippen LogP contribution < -0.4 is 0 Å². The zero-order valence-corrected chi connectivity index (χ0v) is 13.6. The van der Waals surface area contributed by atoms with E-state index >= 15 is 0 Å². The second kappa shape index (κ2) is 6.97. The lowest BCUT2D eigenvalue weighted by atomic mass is 10.0. The molecule has 1 fully saturated rings. The van der Waals surface area contributed by atoms with E-state index in [4.69, 9.17) is 4.42 Å². The third-order valence-corrected chi connectivity index (χ3v) is 4.56. The Bertz CT molecular complexity index is 753. The molecule has 24 heavy (non-hydrogen) atoms. The Morgan fingerprint density at radius 1 is 1.17 bits per heavy atom.